The van der Waals surface area contributed by atoms with Gasteiger partial charge < -0.3 is 15.4 Å². The predicted molar refractivity (Wildman–Crippen MR) is 79.8 cm³/mol. The lowest BCUT2D eigenvalue weighted by Gasteiger charge is -2.25. The fourth-order valence-corrected chi connectivity index (χ4v) is 3.02. The number of aryl methyl sites for hydroxylation is 1. The lowest BCUT2D eigenvalue weighted by molar-refractivity contribution is -0.144. The number of fused-ring (bicyclic) bond motifs is 1. The Bertz CT molecular complexity index is 812. The molecule has 1 amide bonds. The van der Waals surface area contributed by atoms with Crippen molar-refractivity contribution in [1.29, 1.82) is 0 Å². The standard InChI is InChI=1S/C15H17N3O4/c1-18-11-8-9(4-5-10(11)16-14(18)22)12(19)17-15(13(20)21)6-2-3-7-15/h4-5,8H,2-3,6-7H2,1H3,(H,16,22)(H,17,19)(H,20,21). The first-order valence-electron chi connectivity index (χ1n) is 7.18. The summed E-state index contributed by atoms with van der Waals surface area (Å²) in [6.45, 7) is 0. The Morgan fingerprint density at radius 2 is 2.00 bits per heavy atom. The van der Waals surface area contributed by atoms with Gasteiger partial charge >= 0.3 is 11.7 Å². The van der Waals surface area contributed by atoms with Gasteiger partial charge in [-0.1, -0.05) is 12.8 Å². The van der Waals surface area contributed by atoms with Gasteiger partial charge in [-0.2, -0.15) is 0 Å². The van der Waals surface area contributed by atoms with E-state index in [9.17, 15) is 19.5 Å². The molecule has 0 spiro atoms. The number of nitrogens with zero attached hydrogens (tertiary/aromatic N) is 1. The van der Waals surface area contributed by atoms with Gasteiger partial charge in [0.15, 0.2) is 0 Å². The molecule has 3 N–H and O–H groups in total. The molecule has 116 valence electrons. The quantitative estimate of drug-likeness (QED) is 0.786. The number of hydrogen-bond acceptors (Lipinski definition) is 3. The van der Waals surface area contributed by atoms with E-state index in [1.54, 1.807) is 25.2 Å². The molecule has 0 aliphatic heterocycles. The summed E-state index contributed by atoms with van der Waals surface area (Å²) in [6, 6.07) is 4.82. The Balaban J connectivity index is 1.93. The van der Waals surface area contributed by atoms with Crippen molar-refractivity contribution in [1.82, 2.24) is 14.9 Å². The average Bonchev–Trinajstić information content (AvgIpc) is 3.06. The Morgan fingerprint density at radius 1 is 1.32 bits per heavy atom. The molecule has 1 fully saturated rings. The SMILES string of the molecule is Cn1c(=O)[nH]c2ccc(C(=O)NC3(C(=O)O)CCCC3)cc21. The van der Waals surface area contributed by atoms with E-state index in [0.29, 0.717) is 29.4 Å². The molecule has 7 heteroatoms. The third kappa shape index (κ3) is 2.18. The van der Waals surface area contributed by atoms with Gasteiger partial charge in [0.2, 0.25) is 0 Å². The van der Waals surface area contributed by atoms with Crippen LogP contribution in [0.25, 0.3) is 11.0 Å². The lowest BCUT2D eigenvalue weighted by Crippen LogP contribution is -2.52. The Labute approximate surface area is 125 Å². The van der Waals surface area contributed by atoms with E-state index in [0.717, 1.165) is 12.8 Å². The summed E-state index contributed by atoms with van der Waals surface area (Å²) in [5.74, 6) is -1.42. The number of carboxylic acids is 1. The van der Waals surface area contributed by atoms with Crippen molar-refractivity contribution in [2.45, 2.75) is 31.2 Å². The third-order valence-electron chi connectivity index (χ3n) is 4.39. The number of nitrogens with one attached hydrogen (secondary N) is 2. The van der Waals surface area contributed by atoms with Gasteiger partial charge in [0, 0.05) is 12.6 Å². The number of carbonyl (C=O) groups is 2. The monoisotopic (exact) mass is 303 g/mol. The van der Waals surface area contributed by atoms with E-state index in [-0.39, 0.29) is 5.69 Å². The molecular formula is C15H17N3O4. The molecule has 0 radical (unpaired) electrons. The molecule has 1 aromatic carbocycles. The molecule has 2 aromatic rings. The number of aliphatic carboxylic acids is 1. The van der Waals surface area contributed by atoms with Crippen molar-refractivity contribution >= 4 is 22.9 Å². The van der Waals surface area contributed by atoms with Crippen LogP contribution in [-0.2, 0) is 11.8 Å². The highest BCUT2D eigenvalue weighted by molar-refractivity contribution is 6.00. The summed E-state index contributed by atoms with van der Waals surface area (Å²) in [5.41, 5.74) is 0.155. The largest absolute Gasteiger partial charge is 0.480 e. The van der Waals surface area contributed by atoms with Crippen molar-refractivity contribution in [2.75, 3.05) is 0 Å². The minimum absolute atomic E-state index is 0.259. The minimum Gasteiger partial charge on any atom is -0.480 e. The number of hydrogen-bond donors (Lipinski definition) is 3. The maximum absolute atomic E-state index is 12.4. The highest BCUT2D eigenvalue weighted by Gasteiger charge is 2.42. The van der Waals surface area contributed by atoms with Gasteiger partial charge in [-0.15, -0.1) is 0 Å². The van der Waals surface area contributed by atoms with Crippen molar-refractivity contribution in [3.8, 4) is 0 Å². The molecule has 0 atom stereocenters. The molecule has 1 aromatic heterocycles. The smallest absolute Gasteiger partial charge is 0.329 e. The normalized spacial score (nSPS) is 16.8. The molecule has 1 saturated carbocycles. The van der Waals surface area contributed by atoms with Crippen molar-refractivity contribution in [3.63, 3.8) is 0 Å². The van der Waals surface area contributed by atoms with Crippen molar-refractivity contribution < 1.29 is 14.7 Å². The van der Waals surface area contributed by atoms with E-state index in [1.807, 2.05) is 0 Å². The van der Waals surface area contributed by atoms with Gasteiger partial charge in [0.1, 0.15) is 5.54 Å². The highest BCUT2D eigenvalue weighted by Crippen LogP contribution is 2.30. The van der Waals surface area contributed by atoms with Crippen LogP contribution in [0.4, 0.5) is 0 Å². The second-order valence-corrected chi connectivity index (χ2v) is 5.77. The Kier molecular flexibility index (Phi) is 3.27. The number of imidazole rings is 1. The Hall–Kier alpha value is -2.57. The van der Waals surface area contributed by atoms with E-state index in [1.165, 1.54) is 4.57 Å². The van der Waals surface area contributed by atoms with E-state index in [2.05, 4.69) is 10.3 Å². The molecule has 1 heterocycles. The van der Waals surface area contributed by atoms with Crippen LogP contribution in [0.1, 0.15) is 36.0 Å². The molecule has 22 heavy (non-hydrogen) atoms. The maximum Gasteiger partial charge on any atom is 0.329 e. The fourth-order valence-electron chi connectivity index (χ4n) is 3.02. The molecule has 1 aliphatic carbocycles. The van der Waals surface area contributed by atoms with Crippen molar-refractivity contribution in [3.05, 3.63) is 34.2 Å². The predicted octanol–water partition coefficient (Wildman–Crippen LogP) is 0.994. The number of aromatic amines is 1. The molecule has 0 bridgehead atoms. The summed E-state index contributed by atoms with van der Waals surface area (Å²) in [6.07, 6.45) is 2.47. The van der Waals surface area contributed by atoms with E-state index in [4.69, 9.17) is 0 Å². The zero-order chi connectivity index (χ0) is 15.9. The van der Waals surface area contributed by atoms with E-state index >= 15 is 0 Å². The van der Waals surface area contributed by atoms with Crippen LogP contribution in [0.2, 0.25) is 0 Å². The summed E-state index contributed by atoms with van der Waals surface area (Å²) >= 11 is 0. The van der Waals surface area contributed by atoms with Crippen LogP contribution in [-0.4, -0.2) is 32.1 Å². The lowest BCUT2D eigenvalue weighted by atomic mass is 9.97. The molecule has 0 saturated heterocycles. The first kappa shape index (κ1) is 14.4. The second kappa shape index (κ2) is 5.01. The molecule has 3 rings (SSSR count). The van der Waals surface area contributed by atoms with E-state index < -0.39 is 17.4 Å². The first-order chi connectivity index (χ1) is 10.4. The number of amides is 1. The van der Waals surface area contributed by atoms with Crippen LogP contribution in [0, 0.1) is 0 Å². The number of H-pyrrole nitrogens is 1. The van der Waals surface area contributed by atoms with Gasteiger partial charge in [-0.05, 0) is 31.0 Å². The number of carboxylic acid groups (broad SMARTS) is 1. The van der Waals surface area contributed by atoms with Crippen LogP contribution in [0.15, 0.2) is 23.0 Å². The van der Waals surface area contributed by atoms with Crippen LogP contribution in [0.3, 0.4) is 0 Å². The zero-order valence-electron chi connectivity index (χ0n) is 12.2. The summed E-state index contributed by atoms with van der Waals surface area (Å²) in [4.78, 5) is 38.1. The summed E-state index contributed by atoms with van der Waals surface area (Å²) in [7, 11) is 1.61. The second-order valence-electron chi connectivity index (χ2n) is 5.77. The van der Waals surface area contributed by atoms with Gasteiger partial charge in [0.05, 0.1) is 11.0 Å². The van der Waals surface area contributed by atoms with Crippen LogP contribution >= 0.6 is 0 Å². The fraction of sp³-hybridized carbons (Fsp3) is 0.400. The third-order valence-corrected chi connectivity index (χ3v) is 4.39. The molecular weight excluding hydrogens is 286 g/mol. The first-order valence-corrected chi connectivity index (χ1v) is 7.18. The summed E-state index contributed by atoms with van der Waals surface area (Å²) < 4.78 is 1.41. The maximum atomic E-state index is 12.4. The minimum atomic E-state index is -1.17. The number of benzene rings is 1. The summed E-state index contributed by atoms with van der Waals surface area (Å²) in [5, 5.41) is 12.1. The molecule has 7 nitrogen and oxygen atoms in total. The molecule has 1 aliphatic rings. The highest BCUT2D eigenvalue weighted by atomic mass is 16.4. The van der Waals surface area contributed by atoms with Crippen LogP contribution < -0.4 is 11.0 Å². The number of carbonyl (C=O) groups excluding carboxylic acids is 1. The van der Waals surface area contributed by atoms with Gasteiger partial charge in [-0.3, -0.25) is 9.36 Å². The topological polar surface area (TPSA) is 104 Å². The number of aromatic nitrogens is 2. The Morgan fingerprint density at radius 3 is 2.64 bits per heavy atom. The zero-order valence-corrected chi connectivity index (χ0v) is 12.2. The number of rotatable bonds is 3. The average molecular weight is 303 g/mol. The van der Waals surface area contributed by atoms with Crippen molar-refractivity contribution in [2.24, 2.45) is 7.05 Å². The van der Waals surface area contributed by atoms with Gasteiger partial charge in [0.25, 0.3) is 5.91 Å². The van der Waals surface area contributed by atoms with Crippen LogP contribution in [0.5, 0.6) is 0 Å². The van der Waals surface area contributed by atoms with Gasteiger partial charge in [-0.25, -0.2) is 9.59 Å². The molecule has 0 unspecified atom stereocenters.